The van der Waals surface area contributed by atoms with Gasteiger partial charge < -0.3 is 5.32 Å². The van der Waals surface area contributed by atoms with Crippen LogP contribution in [0.25, 0.3) is 15.5 Å². The number of halogens is 1. The van der Waals surface area contributed by atoms with Gasteiger partial charge in [0.1, 0.15) is 10.8 Å². The highest BCUT2D eigenvalue weighted by Crippen LogP contribution is 2.26. The van der Waals surface area contributed by atoms with Crippen LogP contribution in [-0.4, -0.2) is 20.5 Å². The van der Waals surface area contributed by atoms with Crippen molar-refractivity contribution in [1.82, 2.24) is 19.9 Å². The number of benzene rings is 2. The normalized spacial score (nSPS) is 10.9. The molecule has 2 heterocycles. The van der Waals surface area contributed by atoms with E-state index in [4.69, 9.17) is 0 Å². The monoisotopic (exact) mass is 394 g/mol. The summed E-state index contributed by atoms with van der Waals surface area (Å²) in [5, 5.41) is 7.64. The summed E-state index contributed by atoms with van der Waals surface area (Å²) in [6.07, 6.45) is 0. The number of nitrogens with zero attached hydrogens (tertiary/aromatic N) is 3. The van der Waals surface area contributed by atoms with E-state index in [1.54, 1.807) is 6.07 Å². The zero-order valence-corrected chi connectivity index (χ0v) is 15.7. The van der Waals surface area contributed by atoms with E-state index in [1.165, 1.54) is 40.1 Å². The van der Waals surface area contributed by atoms with Crippen LogP contribution in [0.5, 0.6) is 0 Å². The van der Waals surface area contributed by atoms with Crippen molar-refractivity contribution in [2.75, 3.05) is 0 Å². The maximum Gasteiger partial charge on any atom is 0.275 e. The van der Waals surface area contributed by atoms with Crippen molar-refractivity contribution in [3.63, 3.8) is 0 Å². The molecule has 0 fully saturated rings. The molecule has 4 rings (SSSR count). The highest BCUT2D eigenvalue weighted by molar-refractivity contribution is 7.19. The average Bonchev–Trinajstić information content (AvgIpc) is 3.11. The molecule has 28 heavy (non-hydrogen) atoms. The molecule has 2 aromatic carbocycles. The molecule has 140 valence electrons. The minimum Gasteiger partial charge on any atom is -0.346 e. The zero-order valence-electron chi connectivity index (χ0n) is 14.8. The number of nitrogens with one attached hydrogen (secondary N) is 1. The second-order valence-electron chi connectivity index (χ2n) is 6.16. The third-order valence-corrected chi connectivity index (χ3v) is 5.16. The van der Waals surface area contributed by atoms with Gasteiger partial charge in [-0.3, -0.25) is 9.59 Å². The van der Waals surface area contributed by atoms with Gasteiger partial charge in [-0.2, -0.15) is 9.61 Å². The molecule has 1 N–H and O–H groups in total. The maximum absolute atomic E-state index is 13.7. The standard InChI is InChI=1S/C20H15FN4O2S/c1-12-6-2-3-7-14(12)19-24-25-17(26)10-13(23-20(25)28-19)11-22-18(27)15-8-4-5-9-16(15)21/h2-10H,11H2,1H3,(H,22,27). The van der Waals surface area contributed by atoms with Crippen LogP contribution >= 0.6 is 11.3 Å². The van der Waals surface area contributed by atoms with E-state index < -0.39 is 11.7 Å². The Morgan fingerprint density at radius 1 is 1.18 bits per heavy atom. The fourth-order valence-electron chi connectivity index (χ4n) is 2.78. The Hall–Kier alpha value is -3.39. The summed E-state index contributed by atoms with van der Waals surface area (Å²) in [5.74, 6) is -1.17. The number of aromatic nitrogens is 3. The highest BCUT2D eigenvalue weighted by Gasteiger charge is 2.14. The lowest BCUT2D eigenvalue weighted by Gasteiger charge is -2.05. The molecule has 1 amide bonds. The number of amides is 1. The summed E-state index contributed by atoms with van der Waals surface area (Å²) in [6, 6.07) is 14.8. The maximum atomic E-state index is 13.7. The SMILES string of the molecule is Cc1ccccc1-c1nn2c(=O)cc(CNC(=O)c3ccccc3F)nc2s1. The molecule has 0 aliphatic rings. The van der Waals surface area contributed by atoms with Crippen LogP contribution in [0.4, 0.5) is 4.39 Å². The topological polar surface area (TPSA) is 76.4 Å². The van der Waals surface area contributed by atoms with Gasteiger partial charge in [0.25, 0.3) is 11.5 Å². The van der Waals surface area contributed by atoms with Crippen LogP contribution < -0.4 is 10.9 Å². The first-order valence-corrected chi connectivity index (χ1v) is 9.33. The van der Waals surface area contributed by atoms with Crippen LogP contribution in [0, 0.1) is 12.7 Å². The van der Waals surface area contributed by atoms with Crippen LogP contribution in [0.3, 0.4) is 0 Å². The number of aryl methyl sites for hydroxylation is 1. The minimum atomic E-state index is -0.603. The predicted molar refractivity (Wildman–Crippen MR) is 105 cm³/mol. The molecule has 0 saturated heterocycles. The average molecular weight is 394 g/mol. The van der Waals surface area contributed by atoms with Crippen molar-refractivity contribution in [2.45, 2.75) is 13.5 Å². The molecular weight excluding hydrogens is 379 g/mol. The van der Waals surface area contributed by atoms with E-state index in [0.717, 1.165) is 11.1 Å². The quantitative estimate of drug-likeness (QED) is 0.577. The van der Waals surface area contributed by atoms with Gasteiger partial charge in [-0.1, -0.05) is 47.7 Å². The molecule has 0 radical (unpaired) electrons. The van der Waals surface area contributed by atoms with Gasteiger partial charge in [0.15, 0.2) is 0 Å². The Kier molecular flexibility index (Phi) is 4.70. The third-order valence-electron chi connectivity index (χ3n) is 4.22. The van der Waals surface area contributed by atoms with E-state index in [0.29, 0.717) is 15.7 Å². The number of rotatable bonds is 4. The number of hydrogen-bond acceptors (Lipinski definition) is 5. The molecule has 0 aliphatic heterocycles. The van der Waals surface area contributed by atoms with Gasteiger partial charge in [0.2, 0.25) is 4.96 Å². The molecular formula is C20H15FN4O2S. The van der Waals surface area contributed by atoms with E-state index in [1.807, 2.05) is 31.2 Å². The molecule has 8 heteroatoms. The Morgan fingerprint density at radius 2 is 1.93 bits per heavy atom. The lowest BCUT2D eigenvalue weighted by molar-refractivity contribution is 0.0946. The third kappa shape index (κ3) is 3.41. The molecule has 0 atom stereocenters. The molecule has 0 unspecified atom stereocenters. The molecule has 2 aromatic heterocycles. The minimum absolute atomic E-state index is 0.0104. The zero-order chi connectivity index (χ0) is 19.7. The summed E-state index contributed by atoms with van der Waals surface area (Å²) >= 11 is 1.29. The lowest BCUT2D eigenvalue weighted by atomic mass is 10.1. The fraction of sp³-hybridized carbons (Fsp3) is 0.100. The van der Waals surface area contributed by atoms with E-state index in [-0.39, 0.29) is 17.7 Å². The smallest absolute Gasteiger partial charge is 0.275 e. The Morgan fingerprint density at radius 3 is 2.71 bits per heavy atom. The molecule has 6 nitrogen and oxygen atoms in total. The Bertz CT molecular complexity index is 1250. The van der Waals surface area contributed by atoms with Gasteiger partial charge in [-0.15, -0.1) is 0 Å². The van der Waals surface area contributed by atoms with E-state index >= 15 is 0 Å². The Labute approximate surface area is 163 Å². The van der Waals surface area contributed by atoms with Crippen molar-refractivity contribution < 1.29 is 9.18 Å². The molecule has 0 aliphatic carbocycles. The van der Waals surface area contributed by atoms with E-state index in [9.17, 15) is 14.0 Å². The van der Waals surface area contributed by atoms with Gasteiger partial charge in [0, 0.05) is 11.6 Å². The summed E-state index contributed by atoms with van der Waals surface area (Å²) in [7, 11) is 0. The Balaban J connectivity index is 1.61. The number of carbonyl (C=O) groups is 1. The fourth-order valence-corrected chi connectivity index (χ4v) is 3.79. The van der Waals surface area contributed by atoms with Crippen molar-refractivity contribution >= 4 is 22.2 Å². The van der Waals surface area contributed by atoms with Crippen molar-refractivity contribution in [1.29, 1.82) is 0 Å². The molecule has 4 aromatic rings. The van der Waals surface area contributed by atoms with Crippen molar-refractivity contribution in [3.05, 3.63) is 87.6 Å². The lowest BCUT2D eigenvalue weighted by Crippen LogP contribution is -2.26. The number of hydrogen-bond donors (Lipinski definition) is 1. The summed E-state index contributed by atoms with van der Waals surface area (Å²) < 4.78 is 14.9. The number of fused-ring (bicyclic) bond motifs is 1. The summed E-state index contributed by atoms with van der Waals surface area (Å²) in [6.45, 7) is 1.98. The number of carbonyl (C=O) groups excluding carboxylic acids is 1. The van der Waals surface area contributed by atoms with E-state index in [2.05, 4.69) is 15.4 Å². The van der Waals surface area contributed by atoms with Crippen LogP contribution in [0.15, 0.2) is 59.4 Å². The first-order valence-electron chi connectivity index (χ1n) is 8.51. The molecule has 0 bridgehead atoms. The van der Waals surface area contributed by atoms with Gasteiger partial charge in [-0.05, 0) is 24.6 Å². The molecule has 0 spiro atoms. The first kappa shape index (κ1) is 18.0. The van der Waals surface area contributed by atoms with Crippen LogP contribution in [0.1, 0.15) is 21.6 Å². The summed E-state index contributed by atoms with van der Waals surface area (Å²) in [5.41, 5.74) is 1.98. The predicted octanol–water partition coefficient (Wildman–Crippen LogP) is 3.20. The summed E-state index contributed by atoms with van der Waals surface area (Å²) in [4.78, 5) is 29.4. The molecule has 0 saturated carbocycles. The van der Waals surface area contributed by atoms with Crippen molar-refractivity contribution in [3.8, 4) is 10.6 Å². The van der Waals surface area contributed by atoms with Crippen LogP contribution in [0.2, 0.25) is 0 Å². The highest BCUT2D eigenvalue weighted by atomic mass is 32.1. The van der Waals surface area contributed by atoms with Gasteiger partial charge in [-0.25, -0.2) is 9.37 Å². The second kappa shape index (κ2) is 7.32. The second-order valence-corrected chi connectivity index (χ2v) is 7.12. The van der Waals surface area contributed by atoms with Gasteiger partial charge in [0.05, 0.1) is 17.8 Å². The first-order chi connectivity index (χ1) is 13.5. The van der Waals surface area contributed by atoms with Crippen LogP contribution in [-0.2, 0) is 6.54 Å². The largest absolute Gasteiger partial charge is 0.346 e. The van der Waals surface area contributed by atoms with Crippen molar-refractivity contribution in [2.24, 2.45) is 0 Å². The van der Waals surface area contributed by atoms with Gasteiger partial charge >= 0.3 is 0 Å².